The van der Waals surface area contributed by atoms with Crippen LogP contribution in [0.5, 0.6) is 5.75 Å². The molecule has 1 aromatic carbocycles. The lowest BCUT2D eigenvalue weighted by Crippen LogP contribution is -2.15. The number of rotatable bonds is 6. The van der Waals surface area contributed by atoms with E-state index in [1.165, 1.54) is 7.11 Å². The van der Waals surface area contributed by atoms with Gasteiger partial charge in [-0.05, 0) is 24.6 Å². The van der Waals surface area contributed by atoms with Crippen molar-refractivity contribution in [2.75, 3.05) is 7.11 Å². The number of aromatic carboxylic acids is 1. The van der Waals surface area contributed by atoms with Crippen molar-refractivity contribution in [2.45, 2.75) is 31.0 Å². The summed E-state index contributed by atoms with van der Waals surface area (Å²) in [6.07, 6.45) is -0.366. The quantitative estimate of drug-likeness (QED) is 0.831. The molecule has 4 nitrogen and oxygen atoms in total. The van der Waals surface area contributed by atoms with E-state index in [1.807, 2.05) is 6.92 Å². The summed E-state index contributed by atoms with van der Waals surface area (Å²) in [5, 5.41) is 18.5. The minimum absolute atomic E-state index is 0.134. The molecule has 0 saturated carbocycles. The van der Waals surface area contributed by atoms with Gasteiger partial charge in [0.05, 0.1) is 13.2 Å². The molecule has 1 rings (SSSR count). The maximum Gasteiger partial charge on any atom is 0.339 e. The normalized spacial score (nSPS) is 14.0. The van der Waals surface area contributed by atoms with Gasteiger partial charge in [-0.3, -0.25) is 0 Å². The van der Waals surface area contributed by atoms with Crippen LogP contribution in [0.3, 0.4) is 0 Å². The van der Waals surface area contributed by atoms with Crippen LogP contribution in [0.2, 0.25) is 0 Å². The molecule has 2 N–H and O–H groups in total. The number of hydrogen-bond donors (Lipinski definition) is 2. The predicted octanol–water partition coefficient (Wildman–Crippen LogP) is 2.40. The molecule has 0 fully saturated rings. The van der Waals surface area contributed by atoms with Crippen LogP contribution in [0.15, 0.2) is 18.2 Å². The topological polar surface area (TPSA) is 66.8 Å². The molecule has 0 amide bonds. The number of carboxylic acid groups (broad SMARTS) is 1. The summed E-state index contributed by atoms with van der Waals surface area (Å²) >= 11 is 1.62. The molecule has 0 bridgehead atoms. The van der Waals surface area contributed by atoms with Gasteiger partial charge in [0.25, 0.3) is 0 Å². The number of ether oxygens (including phenoxy) is 1. The SMILES string of the molecule is COc1cc(CSC(C)C(C)O)ccc1C(=O)O. The van der Waals surface area contributed by atoms with Crippen LogP contribution >= 0.6 is 11.8 Å². The summed E-state index contributed by atoms with van der Waals surface area (Å²) in [4.78, 5) is 10.9. The fourth-order valence-electron chi connectivity index (χ4n) is 1.37. The van der Waals surface area contributed by atoms with Crippen LogP contribution in [0.4, 0.5) is 0 Å². The molecule has 5 heteroatoms. The van der Waals surface area contributed by atoms with Gasteiger partial charge in [0.1, 0.15) is 11.3 Å². The number of carboxylic acids is 1. The summed E-state index contributed by atoms with van der Waals surface area (Å²) < 4.78 is 5.06. The third-order valence-corrected chi connectivity index (χ3v) is 4.11. The number of aliphatic hydroxyl groups excluding tert-OH is 1. The number of methoxy groups -OCH3 is 1. The Morgan fingerprint density at radius 3 is 2.61 bits per heavy atom. The van der Waals surface area contributed by atoms with Crippen LogP contribution in [0, 0.1) is 0 Å². The monoisotopic (exact) mass is 270 g/mol. The fraction of sp³-hybridized carbons (Fsp3) is 0.462. The van der Waals surface area contributed by atoms with Crippen molar-refractivity contribution in [3.8, 4) is 5.75 Å². The molecule has 1 aromatic rings. The van der Waals surface area contributed by atoms with E-state index in [1.54, 1.807) is 36.9 Å². The molecule has 100 valence electrons. The lowest BCUT2D eigenvalue weighted by molar-refractivity contribution is 0.0693. The van der Waals surface area contributed by atoms with Crippen molar-refractivity contribution in [1.29, 1.82) is 0 Å². The van der Waals surface area contributed by atoms with Crippen molar-refractivity contribution in [3.63, 3.8) is 0 Å². The Balaban J connectivity index is 2.77. The molecule has 0 heterocycles. The summed E-state index contributed by atoms with van der Waals surface area (Å²) in [6.45, 7) is 3.71. The highest BCUT2D eigenvalue weighted by Crippen LogP contribution is 2.25. The highest BCUT2D eigenvalue weighted by molar-refractivity contribution is 7.99. The first kappa shape index (κ1) is 14.9. The van der Waals surface area contributed by atoms with Crippen molar-refractivity contribution in [3.05, 3.63) is 29.3 Å². The van der Waals surface area contributed by atoms with Gasteiger partial charge in [-0.15, -0.1) is 0 Å². The lowest BCUT2D eigenvalue weighted by Gasteiger charge is -2.14. The van der Waals surface area contributed by atoms with Gasteiger partial charge < -0.3 is 14.9 Å². The average Bonchev–Trinajstić information content (AvgIpc) is 2.34. The van der Waals surface area contributed by atoms with Crippen LogP contribution in [0.1, 0.15) is 29.8 Å². The molecule has 0 aliphatic heterocycles. The zero-order valence-corrected chi connectivity index (χ0v) is 11.5. The van der Waals surface area contributed by atoms with E-state index < -0.39 is 5.97 Å². The second-order valence-corrected chi connectivity index (χ2v) is 5.46. The first-order chi connectivity index (χ1) is 8.45. The maximum absolute atomic E-state index is 10.9. The molecule has 18 heavy (non-hydrogen) atoms. The first-order valence-corrected chi connectivity index (χ1v) is 6.70. The van der Waals surface area contributed by atoms with Gasteiger partial charge in [-0.2, -0.15) is 11.8 Å². The molecule has 0 aliphatic rings. The largest absolute Gasteiger partial charge is 0.496 e. The maximum atomic E-state index is 10.9. The van der Waals surface area contributed by atoms with Gasteiger partial charge in [0.15, 0.2) is 0 Å². The van der Waals surface area contributed by atoms with Crippen LogP contribution < -0.4 is 4.74 Å². The molecule has 0 aromatic heterocycles. The minimum atomic E-state index is -0.997. The van der Waals surface area contributed by atoms with Gasteiger partial charge in [-0.25, -0.2) is 4.79 Å². The Hall–Kier alpha value is -1.20. The second-order valence-electron chi connectivity index (χ2n) is 4.10. The number of hydrogen-bond acceptors (Lipinski definition) is 4. The smallest absolute Gasteiger partial charge is 0.339 e. The van der Waals surface area contributed by atoms with Crippen LogP contribution in [-0.2, 0) is 5.75 Å². The van der Waals surface area contributed by atoms with Crippen molar-refractivity contribution in [1.82, 2.24) is 0 Å². The van der Waals surface area contributed by atoms with Crippen molar-refractivity contribution < 1.29 is 19.7 Å². The van der Waals surface area contributed by atoms with Crippen molar-refractivity contribution >= 4 is 17.7 Å². The number of aliphatic hydroxyl groups is 1. The zero-order valence-electron chi connectivity index (χ0n) is 10.7. The van der Waals surface area contributed by atoms with E-state index in [9.17, 15) is 9.90 Å². The van der Waals surface area contributed by atoms with E-state index in [0.29, 0.717) is 11.5 Å². The molecule has 2 unspecified atom stereocenters. The molecule has 0 aliphatic carbocycles. The van der Waals surface area contributed by atoms with Gasteiger partial charge in [0.2, 0.25) is 0 Å². The predicted molar refractivity (Wildman–Crippen MR) is 72.4 cm³/mol. The summed E-state index contributed by atoms with van der Waals surface area (Å²) in [7, 11) is 1.46. The van der Waals surface area contributed by atoms with Gasteiger partial charge in [0, 0.05) is 11.0 Å². The number of carbonyl (C=O) groups is 1. The summed E-state index contributed by atoms with van der Waals surface area (Å²) in [5.41, 5.74) is 1.14. The zero-order chi connectivity index (χ0) is 13.7. The summed E-state index contributed by atoms with van der Waals surface area (Å²) in [6, 6.07) is 5.04. The Kier molecular flexibility index (Phi) is 5.50. The van der Waals surface area contributed by atoms with Crippen molar-refractivity contribution in [2.24, 2.45) is 0 Å². The van der Waals surface area contributed by atoms with E-state index in [0.717, 1.165) is 5.56 Å². The van der Waals surface area contributed by atoms with Crippen LogP contribution in [0.25, 0.3) is 0 Å². The average molecular weight is 270 g/mol. The van der Waals surface area contributed by atoms with Gasteiger partial charge >= 0.3 is 5.97 Å². The lowest BCUT2D eigenvalue weighted by atomic mass is 10.1. The first-order valence-electron chi connectivity index (χ1n) is 5.65. The van der Waals surface area contributed by atoms with Crippen LogP contribution in [-0.4, -0.2) is 34.6 Å². The third-order valence-electron chi connectivity index (χ3n) is 2.69. The Labute approximate surface area is 111 Å². The second kappa shape index (κ2) is 6.66. The highest BCUT2D eigenvalue weighted by Gasteiger charge is 2.13. The number of benzene rings is 1. The molecule has 2 atom stereocenters. The Morgan fingerprint density at radius 1 is 1.44 bits per heavy atom. The third kappa shape index (κ3) is 3.92. The van der Waals surface area contributed by atoms with Gasteiger partial charge in [-0.1, -0.05) is 13.0 Å². The minimum Gasteiger partial charge on any atom is -0.496 e. The molecular formula is C13H18O4S. The van der Waals surface area contributed by atoms with E-state index >= 15 is 0 Å². The Bertz CT molecular complexity index is 417. The highest BCUT2D eigenvalue weighted by atomic mass is 32.2. The van der Waals surface area contributed by atoms with E-state index in [-0.39, 0.29) is 16.9 Å². The molecular weight excluding hydrogens is 252 g/mol. The fourth-order valence-corrected chi connectivity index (χ4v) is 2.28. The van der Waals surface area contributed by atoms with E-state index in [2.05, 4.69) is 0 Å². The standard InChI is InChI=1S/C13H18O4S/c1-8(14)9(2)18-7-10-4-5-11(13(15)16)12(6-10)17-3/h4-6,8-9,14H,7H2,1-3H3,(H,15,16). The van der Waals surface area contributed by atoms with E-state index in [4.69, 9.17) is 9.84 Å². The molecule has 0 radical (unpaired) electrons. The summed E-state index contributed by atoms with van der Waals surface area (Å²) in [5.74, 6) is 0.0798. The number of thioether (sulfide) groups is 1. The molecule has 0 saturated heterocycles. The Morgan fingerprint density at radius 2 is 2.11 bits per heavy atom. The molecule has 0 spiro atoms.